The SMILES string of the molecule is CCCOC(=O)c1cccc(NCCC(=O)O)c1. The van der Waals surface area contributed by atoms with Gasteiger partial charge in [-0.25, -0.2) is 4.79 Å². The Kier molecular flexibility index (Phi) is 5.70. The molecule has 0 spiro atoms. The van der Waals surface area contributed by atoms with E-state index in [0.29, 0.717) is 24.4 Å². The fourth-order valence-corrected chi connectivity index (χ4v) is 1.35. The molecular formula is C13H17NO4. The number of hydrogen-bond donors (Lipinski definition) is 2. The minimum absolute atomic E-state index is 0.0323. The first-order valence-electron chi connectivity index (χ1n) is 5.86. The number of esters is 1. The Labute approximate surface area is 106 Å². The van der Waals surface area contributed by atoms with Gasteiger partial charge >= 0.3 is 11.9 Å². The van der Waals surface area contributed by atoms with E-state index < -0.39 is 5.97 Å². The topological polar surface area (TPSA) is 75.6 Å². The number of benzene rings is 1. The molecule has 98 valence electrons. The van der Waals surface area contributed by atoms with E-state index in [2.05, 4.69) is 5.32 Å². The Bertz CT molecular complexity index is 417. The molecule has 0 fully saturated rings. The Hall–Kier alpha value is -2.04. The van der Waals surface area contributed by atoms with Crippen molar-refractivity contribution in [3.8, 4) is 0 Å². The molecule has 0 aliphatic rings. The van der Waals surface area contributed by atoms with Gasteiger partial charge in [-0.2, -0.15) is 0 Å². The van der Waals surface area contributed by atoms with Crippen LogP contribution in [0.15, 0.2) is 24.3 Å². The molecule has 18 heavy (non-hydrogen) atoms. The molecule has 0 heterocycles. The van der Waals surface area contributed by atoms with Gasteiger partial charge in [0.05, 0.1) is 18.6 Å². The maximum atomic E-state index is 11.6. The van der Waals surface area contributed by atoms with Gasteiger partial charge in [-0.15, -0.1) is 0 Å². The zero-order chi connectivity index (χ0) is 13.4. The van der Waals surface area contributed by atoms with Crippen molar-refractivity contribution < 1.29 is 19.4 Å². The number of carboxylic acids is 1. The van der Waals surface area contributed by atoms with Crippen molar-refractivity contribution in [1.29, 1.82) is 0 Å². The third-order valence-electron chi connectivity index (χ3n) is 2.20. The van der Waals surface area contributed by atoms with E-state index in [0.717, 1.165) is 6.42 Å². The summed E-state index contributed by atoms with van der Waals surface area (Å²) in [6, 6.07) is 6.82. The summed E-state index contributed by atoms with van der Waals surface area (Å²) in [7, 11) is 0. The summed E-state index contributed by atoms with van der Waals surface area (Å²) < 4.78 is 5.01. The predicted molar refractivity (Wildman–Crippen MR) is 67.8 cm³/mol. The summed E-state index contributed by atoms with van der Waals surface area (Å²) in [4.78, 5) is 22.0. The molecule has 5 nitrogen and oxygen atoms in total. The first-order valence-corrected chi connectivity index (χ1v) is 5.86. The number of rotatable bonds is 7. The molecule has 2 N–H and O–H groups in total. The van der Waals surface area contributed by atoms with Gasteiger partial charge in [-0.1, -0.05) is 13.0 Å². The number of anilines is 1. The number of carbonyl (C=O) groups excluding carboxylic acids is 1. The van der Waals surface area contributed by atoms with Crippen LogP contribution in [-0.4, -0.2) is 30.2 Å². The van der Waals surface area contributed by atoms with E-state index in [1.54, 1.807) is 24.3 Å². The van der Waals surface area contributed by atoms with E-state index in [-0.39, 0.29) is 12.4 Å². The molecule has 5 heteroatoms. The van der Waals surface area contributed by atoms with Crippen LogP contribution in [0, 0.1) is 0 Å². The van der Waals surface area contributed by atoms with E-state index in [1.807, 2.05) is 6.92 Å². The standard InChI is InChI=1S/C13H17NO4/c1-2-8-18-13(17)10-4-3-5-11(9-10)14-7-6-12(15)16/h3-5,9,14H,2,6-8H2,1H3,(H,15,16). The summed E-state index contributed by atoms with van der Waals surface area (Å²) in [5, 5.41) is 11.5. The van der Waals surface area contributed by atoms with Crippen LogP contribution in [0.3, 0.4) is 0 Å². The highest BCUT2D eigenvalue weighted by Gasteiger charge is 2.07. The lowest BCUT2D eigenvalue weighted by molar-refractivity contribution is -0.136. The van der Waals surface area contributed by atoms with Crippen molar-refractivity contribution in [3.05, 3.63) is 29.8 Å². The van der Waals surface area contributed by atoms with Crippen LogP contribution in [0.5, 0.6) is 0 Å². The van der Waals surface area contributed by atoms with Crippen molar-refractivity contribution in [2.45, 2.75) is 19.8 Å². The van der Waals surface area contributed by atoms with Crippen molar-refractivity contribution in [1.82, 2.24) is 0 Å². The molecule has 0 atom stereocenters. The summed E-state index contributed by atoms with van der Waals surface area (Å²) in [5.41, 5.74) is 1.17. The maximum Gasteiger partial charge on any atom is 0.338 e. The lowest BCUT2D eigenvalue weighted by Crippen LogP contribution is -2.09. The van der Waals surface area contributed by atoms with E-state index in [9.17, 15) is 9.59 Å². The normalized spacial score (nSPS) is 9.83. The summed E-state index contributed by atoms with van der Waals surface area (Å²) >= 11 is 0. The van der Waals surface area contributed by atoms with E-state index in [1.165, 1.54) is 0 Å². The number of nitrogens with one attached hydrogen (secondary N) is 1. The third-order valence-corrected chi connectivity index (χ3v) is 2.20. The van der Waals surface area contributed by atoms with Gasteiger partial charge in [-0.3, -0.25) is 4.79 Å². The van der Waals surface area contributed by atoms with E-state index >= 15 is 0 Å². The predicted octanol–water partition coefficient (Wildman–Crippen LogP) is 2.14. The molecular weight excluding hydrogens is 234 g/mol. The average Bonchev–Trinajstić information content (AvgIpc) is 2.36. The van der Waals surface area contributed by atoms with Gasteiger partial charge in [0.25, 0.3) is 0 Å². The Balaban J connectivity index is 2.56. The second-order valence-corrected chi connectivity index (χ2v) is 3.79. The van der Waals surface area contributed by atoms with Crippen molar-refractivity contribution in [2.75, 3.05) is 18.5 Å². The van der Waals surface area contributed by atoms with Gasteiger partial charge < -0.3 is 15.2 Å². The highest BCUT2D eigenvalue weighted by molar-refractivity contribution is 5.90. The first-order chi connectivity index (χ1) is 8.63. The number of carboxylic acid groups (broad SMARTS) is 1. The monoisotopic (exact) mass is 251 g/mol. The Morgan fingerprint density at radius 3 is 2.83 bits per heavy atom. The number of carbonyl (C=O) groups is 2. The smallest absolute Gasteiger partial charge is 0.338 e. The van der Waals surface area contributed by atoms with Crippen LogP contribution in [0.25, 0.3) is 0 Å². The van der Waals surface area contributed by atoms with Crippen molar-refractivity contribution >= 4 is 17.6 Å². The van der Waals surface area contributed by atoms with Crippen LogP contribution < -0.4 is 5.32 Å². The molecule has 0 aromatic heterocycles. The zero-order valence-electron chi connectivity index (χ0n) is 10.3. The molecule has 0 bridgehead atoms. The lowest BCUT2D eigenvalue weighted by Gasteiger charge is -2.07. The van der Waals surface area contributed by atoms with Gasteiger partial charge in [0.1, 0.15) is 0 Å². The Morgan fingerprint density at radius 2 is 2.17 bits per heavy atom. The number of ether oxygens (including phenoxy) is 1. The van der Waals surface area contributed by atoms with Crippen LogP contribution in [-0.2, 0) is 9.53 Å². The highest BCUT2D eigenvalue weighted by atomic mass is 16.5. The van der Waals surface area contributed by atoms with Crippen LogP contribution in [0.1, 0.15) is 30.1 Å². The molecule has 0 saturated carbocycles. The minimum atomic E-state index is -0.860. The van der Waals surface area contributed by atoms with Gasteiger partial charge in [0.15, 0.2) is 0 Å². The van der Waals surface area contributed by atoms with Crippen LogP contribution in [0.2, 0.25) is 0 Å². The molecule has 0 amide bonds. The third kappa shape index (κ3) is 4.86. The largest absolute Gasteiger partial charge is 0.481 e. The fraction of sp³-hybridized carbons (Fsp3) is 0.385. The lowest BCUT2D eigenvalue weighted by atomic mass is 10.2. The van der Waals surface area contributed by atoms with Gasteiger partial charge in [-0.05, 0) is 24.6 Å². The average molecular weight is 251 g/mol. The second kappa shape index (κ2) is 7.32. The maximum absolute atomic E-state index is 11.6. The first kappa shape index (κ1) is 14.0. The summed E-state index contributed by atoms with van der Waals surface area (Å²) in [6.07, 6.45) is 0.812. The Morgan fingerprint density at radius 1 is 1.39 bits per heavy atom. The van der Waals surface area contributed by atoms with Gasteiger partial charge in [0, 0.05) is 12.2 Å². The molecule has 1 rings (SSSR count). The van der Waals surface area contributed by atoms with Gasteiger partial charge in [0.2, 0.25) is 0 Å². The van der Waals surface area contributed by atoms with Crippen LogP contribution >= 0.6 is 0 Å². The fourth-order valence-electron chi connectivity index (χ4n) is 1.35. The molecule has 1 aromatic carbocycles. The molecule has 0 unspecified atom stereocenters. The van der Waals surface area contributed by atoms with E-state index in [4.69, 9.17) is 9.84 Å². The summed E-state index contributed by atoms with van der Waals surface area (Å²) in [6.45, 7) is 2.65. The zero-order valence-corrected chi connectivity index (χ0v) is 10.3. The summed E-state index contributed by atoms with van der Waals surface area (Å²) in [5.74, 6) is -1.22. The quantitative estimate of drug-likeness (QED) is 0.726. The van der Waals surface area contributed by atoms with Crippen molar-refractivity contribution in [2.24, 2.45) is 0 Å². The van der Waals surface area contributed by atoms with Crippen LogP contribution in [0.4, 0.5) is 5.69 Å². The molecule has 0 aliphatic heterocycles. The highest BCUT2D eigenvalue weighted by Crippen LogP contribution is 2.11. The number of aliphatic carboxylic acids is 1. The van der Waals surface area contributed by atoms with Crippen molar-refractivity contribution in [3.63, 3.8) is 0 Å². The number of hydrogen-bond acceptors (Lipinski definition) is 4. The minimum Gasteiger partial charge on any atom is -0.481 e. The second-order valence-electron chi connectivity index (χ2n) is 3.79. The molecule has 1 aromatic rings. The molecule has 0 radical (unpaired) electrons. The molecule has 0 aliphatic carbocycles. The molecule has 0 saturated heterocycles.